The first-order chi connectivity index (χ1) is 7.24. The van der Waals surface area contributed by atoms with E-state index in [1.807, 2.05) is 0 Å². The third-order valence-electron chi connectivity index (χ3n) is 1.93. The summed E-state index contributed by atoms with van der Waals surface area (Å²) in [4.78, 5) is 10.9. The number of carbonyl (C=O) groups excluding carboxylic acids is 1. The molecule has 1 atom stereocenters. The summed E-state index contributed by atoms with van der Waals surface area (Å²) in [6.45, 7) is 3.23. The molecule has 1 unspecified atom stereocenters. The van der Waals surface area contributed by atoms with Crippen molar-refractivity contribution in [3.63, 3.8) is 0 Å². The van der Waals surface area contributed by atoms with Crippen LogP contribution >= 0.6 is 11.8 Å². The number of esters is 1. The molecule has 2 N–H and O–H groups in total. The average Bonchev–Trinajstić information content (AvgIpc) is 2.25. The molecule has 0 aromatic heterocycles. The number of carbonyl (C=O) groups is 1. The Hall–Kier alpha value is -0.260. The van der Waals surface area contributed by atoms with Gasteiger partial charge in [-0.25, -0.2) is 0 Å². The zero-order valence-corrected chi connectivity index (χ0v) is 10.3. The molecular weight excluding hydrogens is 214 g/mol. The molecular formula is C10H21NO3S. The van der Waals surface area contributed by atoms with Crippen molar-refractivity contribution in [2.24, 2.45) is 0 Å². The van der Waals surface area contributed by atoms with Crippen molar-refractivity contribution in [3.05, 3.63) is 0 Å². The lowest BCUT2D eigenvalue weighted by Gasteiger charge is -2.16. The van der Waals surface area contributed by atoms with Crippen LogP contribution in [0.1, 0.15) is 19.8 Å². The number of aliphatic hydroxyl groups excluding tert-OH is 1. The minimum absolute atomic E-state index is 0.181. The Balaban J connectivity index is 3.60. The zero-order valence-electron chi connectivity index (χ0n) is 9.49. The van der Waals surface area contributed by atoms with Crippen LogP contribution in [-0.2, 0) is 9.53 Å². The molecule has 0 spiro atoms. The van der Waals surface area contributed by atoms with E-state index in [0.29, 0.717) is 5.75 Å². The molecule has 0 aromatic rings. The predicted octanol–water partition coefficient (Wildman–Crippen LogP) is 0.643. The Labute approximate surface area is 95.8 Å². The highest BCUT2D eigenvalue weighted by Gasteiger charge is 2.08. The van der Waals surface area contributed by atoms with Gasteiger partial charge in [0.1, 0.15) is 0 Å². The van der Waals surface area contributed by atoms with Crippen molar-refractivity contribution in [1.82, 2.24) is 5.32 Å². The first-order valence-electron chi connectivity index (χ1n) is 5.23. The van der Waals surface area contributed by atoms with E-state index in [1.54, 1.807) is 0 Å². The number of thioether (sulfide) groups is 1. The van der Waals surface area contributed by atoms with Crippen LogP contribution in [0.4, 0.5) is 0 Å². The maximum absolute atomic E-state index is 10.9. The van der Waals surface area contributed by atoms with Gasteiger partial charge in [0, 0.05) is 18.4 Å². The molecule has 0 aromatic carbocycles. The molecule has 5 heteroatoms. The van der Waals surface area contributed by atoms with Crippen molar-refractivity contribution in [1.29, 1.82) is 0 Å². The summed E-state index contributed by atoms with van der Waals surface area (Å²) in [5.41, 5.74) is 0. The second kappa shape index (κ2) is 10.3. The van der Waals surface area contributed by atoms with Gasteiger partial charge in [-0.15, -0.1) is 11.8 Å². The van der Waals surface area contributed by atoms with Crippen molar-refractivity contribution in [2.75, 3.05) is 31.8 Å². The number of nitrogens with one attached hydrogen (secondary N) is 1. The fraction of sp³-hybridized carbons (Fsp3) is 0.900. The van der Waals surface area contributed by atoms with E-state index in [-0.39, 0.29) is 18.6 Å². The molecule has 0 heterocycles. The van der Waals surface area contributed by atoms with Gasteiger partial charge in [-0.2, -0.15) is 0 Å². The van der Waals surface area contributed by atoms with Crippen LogP contribution in [0.5, 0.6) is 0 Å². The number of hydrogen-bond acceptors (Lipinski definition) is 5. The summed E-state index contributed by atoms with van der Waals surface area (Å²) in [6, 6.07) is 0.282. The fourth-order valence-corrected chi connectivity index (χ4v) is 2.06. The topological polar surface area (TPSA) is 58.6 Å². The van der Waals surface area contributed by atoms with Gasteiger partial charge < -0.3 is 15.2 Å². The van der Waals surface area contributed by atoms with Gasteiger partial charge in [0.15, 0.2) is 0 Å². The number of methoxy groups -OCH3 is 1. The highest BCUT2D eigenvalue weighted by atomic mass is 32.2. The third-order valence-corrected chi connectivity index (χ3v) is 3.01. The van der Waals surface area contributed by atoms with Gasteiger partial charge in [0.2, 0.25) is 0 Å². The predicted molar refractivity (Wildman–Crippen MR) is 63.1 cm³/mol. The normalized spacial score (nSPS) is 12.5. The van der Waals surface area contributed by atoms with Gasteiger partial charge in [0.25, 0.3) is 0 Å². The van der Waals surface area contributed by atoms with Crippen LogP contribution < -0.4 is 5.32 Å². The minimum atomic E-state index is -0.196. The Kier molecular flexibility index (Phi) is 10.1. The first-order valence-corrected chi connectivity index (χ1v) is 6.38. The molecule has 0 saturated heterocycles. The standard InChI is InChI=1S/C10H21NO3S/c1-3-5-11-9(4-6-12)7-15-8-10(13)14-2/h9,11-12H,3-8H2,1-2H3. The fourth-order valence-electron chi connectivity index (χ4n) is 1.09. The molecule has 0 radical (unpaired) electrons. The molecule has 0 saturated carbocycles. The molecule has 0 fully saturated rings. The average molecular weight is 235 g/mol. The van der Waals surface area contributed by atoms with Gasteiger partial charge in [-0.3, -0.25) is 4.79 Å². The van der Waals surface area contributed by atoms with Gasteiger partial charge in [0.05, 0.1) is 12.9 Å². The van der Waals surface area contributed by atoms with Crippen LogP contribution in [-0.4, -0.2) is 48.9 Å². The highest BCUT2D eigenvalue weighted by molar-refractivity contribution is 7.99. The number of hydrogen-bond donors (Lipinski definition) is 2. The molecule has 0 aliphatic carbocycles. The molecule has 0 aliphatic rings. The van der Waals surface area contributed by atoms with E-state index >= 15 is 0 Å². The zero-order chi connectivity index (χ0) is 11.5. The van der Waals surface area contributed by atoms with E-state index in [9.17, 15) is 4.79 Å². The van der Waals surface area contributed by atoms with Crippen LogP contribution in [0.2, 0.25) is 0 Å². The summed E-state index contributed by atoms with van der Waals surface area (Å²) < 4.78 is 4.54. The first kappa shape index (κ1) is 14.7. The quantitative estimate of drug-likeness (QED) is 0.574. The number of ether oxygens (including phenoxy) is 1. The Bertz CT molecular complexity index is 167. The van der Waals surface area contributed by atoms with Crippen LogP contribution in [0.3, 0.4) is 0 Å². The van der Waals surface area contributed by atoms with Crippen LogP contribution in [0.25, 0.3) is 0 Å². The van der Waals surface area contributed by atoms with Crippen LogP contribution in [0.15, 0.2) is 0 Å². The molecule has 90 valence electrons. The third kappa shape index (κ3) is 8.72. The highest BCUT2D eigenvalue weighted by Crippen LogP contribution is 2.06. The second-order valence-corrected chi connectivity index (χ2v) is 4.28. The molecule has 0 aliphatic heterocycles. The largest absolute Gasteiger partial charge is 0.468 e. The molecule has 4 nitrogen and oxygen atoms in total. The minimum Gasteiger partial charge on any atom is -0.468 e. The maximum Gasteiger partial charge on any atom is 0.315 e. The molecule has 0 rings (SSSR count). The van der Waals surface area contributed by atoms with Crippen LogP contribution in [0, 0.1) is 0 Å². The maximum atomic E-state index is 10.9. The Morgan fingerprint density at radius 1 is 1.60 bits per heavy atom. The summed E-state index contributed by atoms with van der Waals surface area (Å²) in [7, 11) is 1.39. The van der Waals surface area contributed by atoms with E-state index in [0.717, 1.165) is 25.1 Å². The number of aliphatic hydroxyl groups is 1. The SMILES string of the molecule is CCCNC(CCO)CSCC(=O)OC. The monoisotopic (exact) mass is 235 g/mol. The van der Waals surface area contributed by atoms with Crippen molar-refractivity contribution < 1.29 is 14.6 Å². The van der Waals surface area contributed by atoms with Gasteiger partial charge in [-0.05, 0) is 19.4 Å². The second-order valence-electron chi connectivity index (χ2n) is 3.25. The summed E-state index contributed by atoms with van der Waals surface area (Å²) in [5, 5.41) is 12.2. The summed E-state index contributed by atoms with van der Waals surface area (Å²) >= 11 is 1.54. The smallest absolute Gasteiger partial charge is 0.315 e. The van der Waals surface area contributed by atoms with Gasteiger partial charge >= 0.3 is 5.97 Å². The molecule has 0 bridgehead atoms. The summed E-state index contributed by atoms with van der Waals surface area (Å²) in [6.07, 6.45) is 1.80. The Morgan fingerprint density at radius 2 is 2.33 bits per heavy atom. The van der Waals surface area contributed by atoms with E-state index in [4.69, 9.17) is 5.11 Å². The Morgan fingerprint density at radius 3 is 2.87 bits per heavy atom. The lowest BCUT2D eigenvalue weighted by molar-refractivity contribution is -0.137. The molecule has 0 amide bonds. The van der Waals surface area contributed by atoms with Crippen molar-refractivity contribution in [2.45, 2.75) is 25.8 Å². The summed E-state index contributed by atoms with van der Waals surface area (Å²) in [5.74, 6) is 1.01. The van der Waals surface area contributed by atoms with E-state index in [1.165, 1.54) is 18.9 Å². The van der Waals surface area contributed by atoms with Gasteiger partial charge in [-0.1, -0.05) is 6.92 Å². The van der Waals surface area contributed by atoms with Crippen molar-refractivity contribution >= 4 is 17.7 Å². The lowest BCUT2D eigenvalue weighted by Crippen LogP contribution is -2.33. The molecule has 15 heavy (non-hydrogen) atoms. The van der Waals surface area contributed by atoms with E-state index < -0.39 is 0 Å². The lowest BCUT2D eigenvalue weighted by atomic mass is 10.2. The van der Waals surface area contributed by atoms with E-state index in [2.05, 4.69) is 17.0 Å². The number of rotatable bonds is 9. The van der Waals surface area contributed by atoms with Crippen molar-refractivity contribution in [3.8, 4) is 0 Å².